The fraction of sp³-hybridized carbons (Fsp3) is 0.474. The molecule has 0 aromatic carbocycles. The number of rotatable bonds is 8. The van der Waals surface area contributed by atoms with E-state index in [2.05, 4.69) is 9.97 Å². The van der Waals surface area contributed by atoms with Crippen molar-refractivity contribution in [3.63, 3.8) is 0 Å². The van der Waals surface area contributed by atoms with Gasteiger partial charge < -0.3 is 10.5 Å². The van der Waals surface area contributed by atoms with Crippen LogP contribution in [0.1, 0.15) is 50.4 Å². The van der Waals surface area contributed by atoms with E-state index >= 15 is 0 Å². The van der Waals surface area contributed by atoms with Crippen LogP contribution in [0.3, 0.4) is 0 Å². The summed E-state index contributed by atoms with van der Waals surface area (Å²) in [7, 11) is 0. The second kappa shape index (κ2) is 7.62. The summed E-state index contributed by atoms with van der Waals surface area (Å²) in [5, 5.41) is 0. The number of ether oxygens (including phenoxy) is 1. The highest BCUT2D eigenvalue weighted by Gasteiger charge is 2.47. The van der Waals surface area contributed by atoms with Crippen LogP contribution in [0.15, 0.2) is 30.5 Å². The maximum atomic E-state index is 13.9. The van der Waals surface area contributed by atoms with Gasteiger partial charge in [-0.05, 0) is 44.0 Å². The number of hydrogen-bond acceptors (Lipinski definition) is 4. The molecule has 1 aliphatic rings. The maximum Gasteiger partial charge on any atom is 0.284 e. The summed E-state index contributed by atoms with van der Waals surface area (Å²) in [4.78, 5) is 7.40. The molecule has 2 aromatic rings. The van der Waals surface area contributed by atoms with Gasteiger partial charge in [0.25, 0.3) is 12.9 Å². The van der Waals surface area contributed by atoms with Gasteiger partial charge in [0.05, 0.1) is 11.2 Å². The Kier molecular flexibility index (Phi) is 5.56. The number of pyridine rings is 2. The zero-order chi connectivity index (χ0) is 20.5. The molecule has 9 heteroatoms. The minimum absolute atomic E-state index is 0.0724. The lowest BCUT2D eigenvalue weighted by Gasteiger charge is -2.27. The summed E-state index contributed by atoms with van der Waals surface area (Å²) in [6, 6.07) is 5.16. The average molecular weight is 401 g/mol. The standard InChI is InChI=1S/C19H20F5N3O/c1-18(25,9-19(24)5-6-19)10-28-14-3-2-12(27-15(14)17(22)23)11-4-7-26-13(8-11)16(20)21/h2-4,7-8,16-17H,5-6,9-10,25H2,1H3/t18-/m0/s1. The molecule has 0 saturated heterocycles. The van der Waals surface area contributed by atoms with Gasteiger partial charge in [-0.2, -0.15) is 0 Å². The lowest BCUT2D eigenvalue weighted by molar-refractivity contribution is 0.130. The SMILES string of the molecule is C[C@@](N)(COc1ccc(-c2ccnc(C(F)F)c2)nc1C(F)F)CC1(F)CC1. The summed E-state index contributed by atoms with van der Waals surface area (Å²) < 4.78 is 71.9. The first-order chi connectivity index (χ1) is 13.1. The van der Waals surface area contributed by atoms with Crippen LogP contribution in [-0.4, -0.2) is 27.8 Å². The molecule has 2 aromatic heterocycles. The van der Waals surface area contributed by atoms with Crippen molar-refractivity contribution in [3.8, 4) is 17.0 Å². The van der Waals surface area contributed by atoms with Crippen molar-refractivity contribution in [1.82, 2.24) is 9.97 Å². The highest BCUT2D eigenvalue weighted by atomic mass is 19.3. The molecule has 0 bridgehead atoms. The average Bonchev–Trinajstić information content (AvgIpc) is 3.35. The second-order valence-electron chi connectivity index (χ2n) is 7.42. The van der Waals surface area contributed by atoms with E-state index in [-0.39, 0.29) is 30.0 Å². The van der Waals surface area contributed by atoms with Gasteiger partial charge in [0.1, 0.15) is 29.4 Å². The maximum absolute atomic E-state index is 13.9. The van der Waals surface area contributed by atoms with Crippen molar-refractivity contribution < 1.29 is 26.7 Å². The summed E-state index contributed by atoms with van der Waals surface area (Å²) in [6.45, 7) is 1.43. The van der Waals surface area contributed by atoms with E-state index in [9.17, 15) is 22.0 Å². The molecule has 0 aliphatic heterocycles. The second-order valence-corrected chi connectivity index (χ2v) is 7.42. The lowest BCUT2D eigenvalue weighted by Crippen LogP contribution is -2.45. The fourth-order valence-corrected chi connectivity index (χ4v) is 2.96. The van der Waals surface area contributed by atoms with Crippen LogP contribution in [0.2, 0.25) is 0 Å². The van der Waals surface area contributed by atoms with E-state index in [1.807, 2.05) is 0 Å². The Morgan fingerprint density at radius 3 is 2.50 bits per heavy atom. The van der Waals surface area contributed by atoms with Gasteiger partial charge >= 0.3 is 0 Å². The molecule has 1 aliphatic carbocycles. The molecule has 0 amide bonds. The Labute approximate surface area is 158 Å². The number of hydrogen-bond donors (Lipinski definition) is 1. The highest BCUT2D eigenvalue weighted by molar-refractivity contribution is 5.60. The minimum Gasteiger partial charge on any atom is -0.490 e. The predicted octanol–water partition coefficient (Wildman–Crippen LogP) is 5.01. The van der Waals surface area contributed by atoms with Crippen molar-refractivity contribution in [2.75, 3.05) is 6.61 Å². The van der Waals surface area contributed by atoms with Crippen LogP contribution >= 0.6 is 0 Å². The third-order valence-corrected chi connectivity index (χ3v) is 4.46. The summed E-state index contributed by atoms with van der Waals surface area (Å²) in [5.41, 5.74) is 2.91. The van der Waals surface area contributed by atoms with E-state index in [1.165, 1.54) is 18.2 Å². The quantitative estimate of drug-likeness (QED) is 0.632. The zero-order valence-corrected chi connectivity index (χ0v) is 15.1. The van der Waals surface area contributed by atoms with Gasteiger partial charge in [-0.15, -0.1) is 0 Å². The molecular weight excluding hydrogens is 381 g/mol. The van der Waals surface area contributed by atoms with Gasteiger partial charge in [-0.25, -0.2) is 26.9 Å². The molecular formula is C19H20F5N3O. The van der Waals surface area contributed by atoms with E-state index in [1.54, 1.807) is 6.92 Å². The van der Waals surface area contributed by atoms with Crippen molar-refractivity contribution in [2.24, 2.45) is 5.73 Å². The molecule has 2 N–H and O–H groups in total. The Morgan fingerprint density at radius 1 is 1.18 bits per heavy atom. The molecule has 0 spiro atoms. The van der Waals surface area contributed by atoms with Crippen molar-refractivity contribution in [3.05, 3.63) is 41.9 Å². The summed E-state index contributed by atoms with van der Waals surface area (Å²) in [6.07, 6.45) is -3.63. The Bertz CT molecular complexity index is 840. The molecule has 3 rings (SSSR count). The Balaban J connectivity index is 1.80. The topological polar surface area (TPSA) is 61.0 Å². The third-order valence-electron chi connectivity index (χ3n) is 4.46. The highest BCUT2D eigenvalue weighted by Crippen LogP contribution is 2.45. The van der Waals surface area contributed by atoms with E-state index < -0.39 is 35.4 Å². The Hall–Kier alpha value is -2.29. The van der Waals surface area contributed by atoms with Gasteiger partial charge in [-0.3, -0.25) is 4.98 Å². The Morgan fingerprint density at radius 2 is 1.89 bits per heavy atom. The van der Waals surface area contributed by atoms with Crippen LogP contribution in [0.5, 0.6) is 5.75 Å². The number of nitrogens with zero attached hydrogens (tertiary/aromatic N) is 2. The smallest absolute Gasteiger partial charge is 0.284 e. The first-order valence-corrected chi connectivity index (χ1v) is 8.73. The number of alkyl halides is 5. The number of halogens is 5. The van der Waals surface area contributed by atoms with Crippen LogP contribution in [0, 0.1) is 0 Å². The fourth-order valence-electron chi connectivity index (χ4n) is 2.96. The van der Waals surface area contributed by atoms with Crippen LogP contribution in [-0.2, 0) is 0 Å². The van der Waals surface area contributed by atoms with Gasteiger partial charge in [0.2, 0.25) is 0 Å². The van der Waals surface area contributed by atoms with Crippen LogP contribution < -0.4 is 10.5 Å². The molecule has 1 saturated carbocycles. The van der Waals surface area contributed by atoms with Crippen LogP contribution in [0.25, 0.3) is 11.3 Å². The van der Waals surface area contributed by atoms with Crippen molar-refractivity contribution >= 4 is 0 Å². The van der Waals surface area contributed by atoms with E-state index in [0.29, 0.717) is 12.8 Å². The normalized spacial score (nSPS) is 17.6. The first kappa shape index (κ1) is 20.4. The summed E-state index contributed by atoms with van der Waals surface area (Å²) in [5.74, 6) is -0.178. The lowest BCUT2D eigenvalue weighted by atomic mass is 9.96. The van der Waals surface area contributed by atoms with Crippen molar-refractivity contribution in [1.29, 1.82) is 0 Å². The molecule has 0 unspecified atom stereocenters. The molecule has 2 heterocycles. The minimum atomic E-state index is -2.95. The van der Waals surface area contributed by atoms with Crippen molar-refractivity contribution in [2.45, 2.75) is 50.2 Å². The monoisotopic (exact) mass is 401 g/mol. The zero-order valence-electron chi connectivity index (χ0n) is 15.1. The van der Waals surface area contributed by atoms with Gasteiger partial charge in [-0.1, -0.05) is 0 Å². The predicted molar refractivity (Wildman–Crippen MR) is 93.2 cm³/mol. The van der Waals surface area contributed by atoms with Crippen LogP contribution in [0.4, 0.5) is 22.0 Å². The van der Waals surface area contributed by atoms with Gasteiger partial charge in [0, 0.05) is 18.2 Å². The van der Waals surface area contributed by atoms with E-state index in [4.69, 9.17) is 10.5 Å². The first-order valence-electron chi connectivity index (χ1n) is 8.73. The van der Waals surface area contributed by atoms with E-state index in [0.717, 1.165) is 12.3 Å². The molecule has 0 radical (unpaired) electrons. The largest absolute Gasteiger partial charge is 0.490 e. The number of aromatic nitrogens is 2. The third kappa shape index (κ3) is 4.95. The summed E-state index contributed by atoms with van der Waals surface area (Å²) >= 11 is 0. The molecule has 28 heavy (non-hydrogen) atoms. The molecule has 1 fully saturated rings. The molecule has 152 valence electrons. The molecule has 1 atom stereocenters. The van der Waals surface area contributed by atoms with Gasteiger partial charge in [0.15, 0.2) is 0 Å². The molecule has 4 nitrogen and oxygen atoms in total. The number of nitrogens with two attached hydrogens (primary N) is 1.